The predicted molar refractivity (Wildman–Crippen MR) is 94.8 cm³/mol. The van der Waals surface area contributed by atoms with Crippen molar-refractivity contribution in [2.45, 2.75) is 31.6 Å². The number of amides is 1. The zero-order valence-electron chi connectivity index (χ0n) is 13.7. The molecular formula is C18H20N2O3S. The Labute approximate surface area is 142 Å². The molecule has 0 saturated heterocycles. The molecule has 24 heavy (non-hydrogen) atoms. The first-order chi connectivity index (χ1) is 11.4. The van der Waals surface area contributed by atoms with E-state index in [1.54, 1.807) is 30.3 Å². The molecule has 126 valence electrons. The van der Waals surface area contributed by atoms with E-state index in [0.29, 0.717) is 17.9 Å². The van der Waals surface area contributed by atoms with Gasteiger partial charge in [-0.25, -0.2) is 8.42 Å². The van der Waals surface area contributed by atoms with Crippen LogP contribution < -0.4 is 9.62 Å². The largest absolute Gasteiger partial charge is 0.326 e. The maximum Gasteiger partial charge on any atom is 0.264 e. The van der Waals surface area contributed by atoms with E-state index in [1.165, 1.54) is 11.2 Å². The van der Waals surface area contributed by atoms with Gasteiger partial charge in [0, 0.05) is 19.2 Å². The van der Waals surface area contributed by atoms with Crippen molar-refractivity contribution in [2.75, 3.05) is 16.2 Å². The summed E-state index contributed by atoms with van der Waals surface area (Å²) in [5.41, 5.74) is 3.24. The molecule has 5 nitrogen and oxygen atoms in total. The van der Waals surface area contributed by atoms with Crippen LogP contribution in [-0.2, 0) is 21.2 Å². The Morgan fingerprint density at radius 1 is 1.12 bits per heavy atom. The SMILES string of the molecule is CC(=O)Nc1ccc2c(c1)N(S(=O)(=O)c1ccc(C)cc1)CCC2. The topological polar surface area (TPSA) is 66.5 Å². The summed E-state index contributed by atoms with van der Waals surface area (Å²) in [6, 6.07) is 12.3. The molecule has 1 heterocycles. The lowest BCUT2D eigenvalue weighted by atomic mass is 10.0. The van der Waals surface area contributed by atoms with Crippen LogP contribution in [0, 0.1) is 6.92 Å². The van der Waals surface area contributed by atoms with Crippen molar-refractivity contribution >= 4 is 27.3 Å². The molecule has 0 radical (unpaired) electrons. The van der Waals surface area contributed by atoms with Gasteiger partial charge in [-0.05, 0) is 49.6 Å². The van der Waals surface area contributed by atoms with Crippen molar-refractivity contribution in [3.63, 3.8) is 0 Å². The number of rotatable bonds is 3. The normalized spacial score (nSPS) is 14.2. The van der Waals surface area contributed by atoms with Gasteiger partial charge in [0.25, 0.3) is 10.0 Å². The fourth-order valence-corrected chi connectivity index (χ4v) is 4.44. The molecular weight excluding hydrogens is 324 g/mol. The van der Waals surface area contributed by atoms with Gasteiger partial charge in [0.1, 0.15) is 0 Å². The average Bonchev–Trinajstić information content (AvgIpc) is 2.54. The van der Waals surface area contributed by atoms with Gasteiger partial charge in [0.05, 0.1) is 10.6 Å². The van der Waals surface area contributed by atoms with Gasteiger partial charge in [0.15, 0.2) is 0 Å². The molecule has 0 spiro atoms. The molecule has 0 aromatic heterocycles. The quantitative estimate of drug-likeness (QED) is 0.930. The van der Waals surface area contributed by atoms with Crippen LogP contribution in [0.5, 0.6) is 0 Å². The Kier molecular flexibility index (Phi) is 4.32. The van der Waals surface area contributed by atoms with Crippen LogP contribution in [0.4, 0.5) is 11.4 Å². The highest BCUT2D eigenvalue weighted by Crippen LogP contribution is 2.34. The first-order valence-corrected chi connectivity index (χ1v) is 9.32. The second-order valence-electron chi connectivity index (χ2n) is 6.02. The zero-order chi connectivity index (χ0) is 17.3. The third-order valence-corrected chi connectivity index (χ3v) is 5.92. The molecule has 0 aliphatic carbocycles. The van der Waals surface area contributed by atoms with Crippen LogP contribution in [0.3, 0.4) is 0 Å². The van der Waals surface area contributed by atoms with Gasteiger partial charge in [0.2, 0.25) is 5.91 Å². The van der Waals surface area contributed by atoms with E-state index in [1.807, 2.05) is 19.1 Å². The number of carbonyl (C=O) groups is 1. The molecule has 2 aromatic rings. The Hall–Kier alpha value is -2.34. The first-order valence-electron chi connectivity index (χ1n) is 7.88. The first kappa shape index (κ1) is 16.5. The summed E-state index contributed by atoms with van der Waals surface area (Å²) in [5.74, 6) is -0.182. The smallest absolute Gasteiger partial charge is 0.264 e. The van der Waals surface area contributed by atoms with Gasteiger partial charge < -0.3 is 5.32 Å². The Morgan fingerprint density at radius 2 is 1.83 bits per heavy atom. The number of carbonyl (C=O) groups excluding carboxylic acids is 1. The molecule has 1 N–H and O–H groups in total. The number of aryl methyl sites for hydroxylation is 2. The maximum atomic E-state index is 13.0. The fourth-order valence-electron chi connectivity index (χ4n) is 2.91. The van der Waals surface area contributed by atoms with E-state index < -0.39 is 10.0 Å². The van der Waals surface area contributed by atoms with Crippen molar-refractivity contribution in [2.24, 2.45) is 0 Å². The van der Waals surface area contributed by atoms with Gasteiger partial charge in [-0.2, -0.15) is 0 Å². The lowest BCUT2D eigenvalue weighted by molar-refractivity contribution is -0.114. The minimum atomic E-state index is -3.62. The van der Waals surface area contributed by atoms with Crippen molar-refractivity contribution in [1.82, 2.24) is 0 Å². The zero-order valence-corrected chi connectivity index (χ0v) is 14.6. The Morgan fingerprint density at radius 3 is 2.50 bits per heavy atom. The number of anilines is 2. The molecule has 6 heteroatoms. The van der Waals surface area contributed by atoms with Gasteiger partial charge in [-0.15, -0.1) is 0 Å². The second kappa shape index (κ2) is 6.28. The van der Waals surface area contributed by atoms with E-state index in [-0.39, 0.29) is 10.8 Å². The van der Waals surface area contributed by atoms with E-state index >= 15 is 0 Å². The van der Waals surface area contributed by atoms with E-state index in [2.05, 4.69) is 5.32 Å². The van der Waals surface area contributed by atoms with Gasteiger partial charge >= 0.3 is 0 Å². The van der Waals surface area contributed by atoms with Crippen LogP contribution in [0.1, 0.15) is 24.5 Å². The monoisotopic (exact) mass is 344 g/mol. The molecule has 3 rings (SSSR count). The lowest BCUT2D eigenvalue weighted by Gasteiger charge is -2.31. The second-order valence-corrected chi connectivity index (χ2v) is 7.88. The molecule has 1 amide bonds. The highest BCUT2D eigenvalue weighted by atomic mass is 32.2. The fraction of sp³-hybridized carbons (Fsp3) is 0.278. The van der Waals surface area contributed by atoms with Crippen LogP contribution in [-0.4, -0.2) is 20.9 Å². The summed E-state index contributed by atoms with van der Waals surface area (Å²) >= 11 is 0. The molecule has 0 bridgehead atoms. The van der Waals surface area contributed by atoms with Crippen molar-refractivity contribution in [1.29, 1.82) is 0 Å². The highest BCUT2D eigenvalue weighted by Gasteiger charge is 2.29. The number of hydrogen-bond donors (Lipinski definition) is 1. The Balaban J connectivity index is 2.04. The molecule has 0 atom stereocenters. The number of fused-ring (bicyclic) bond motifs is 1. The number of hydrogen-bond acceptors (Lipinski definition) is 3. The molecule has 0 unspecified atom stereocenters. The average molecular weight is 344 g/mol. The third kappa shape index (κ3) is 3.14. The summed E-state index contributed by atoms with van der Waals surface area (Å²) in [6.45, 7) is 3.79. The standard InChI is InChI=1S/C18H20N2O3S/c1-13-5-9-17(10-6-13)24(22,23)20-11-3-4-15-7-8-16(12-18(15)20)19-14(2)21/h5-10,12H,3-4,11H2,1-2H3,(H,19,21). The summed E-state index contributed by atoms with van der Waals surface area (Å²) in [5, 5.41) is 2.71. The van der Waals surface area contributed by atoms with Crippen LogP contribution in [0.25, 0.3) is 0 Å². The van der Waals surface area contributed by atoms with Crippen molar-refractivity contribution in [3.05, 3.63) is 53.6 Å². The molecule has 0 saturated carbocycles. The lowest BCUT2D eigenvalue weighted by Crippen LogP contribution is -2.35. The summed E-state index contributed by atoms with van der Waals surface area (Å²) < 4.78 is 27.5. The number of benzene rings is 2. The summed E-state index contributed by atoms with van der Waals surface area (Å²) in [7, 11) is -3.62. The maximum absolute atomic E-state index is 13.0. The molecule has 1 aliphatic heterocycles. The van der Waals surface area contributed by atoms with E-state index in [4.69, 9.17) is 0 Å². The molecule has 1 aliphatic rings. The number of sulfonamides is 1. The van der Waals surface area contributed by atoms with Crippen LogP contribution in [0.2, 0.25) is 0 Å². The van der Waals surface area contributed by atoms with Crippen molar-refractivity contribution < 1.29 is 13.2 Å². The third-order valence-electron chi connectivity index (χ3n) is 4.09. The number of nitrogens with zero attached hydrogens (tertiary/aromatic N) is 1. The van der Waals surface area contributed by atoms with E-state index in [0.717, 1.165) is 24.0 Å². The van der Waals surface area contributed by atoms with Crippen molar-refractivity contribution in [3.8, 4) is 0 Å². The summed E-state index contributed by atoms with van der Waals surface area (Å²) in [6.07, 6.45) is 1.60. The summed E-state index contributed by atoms with van der Waals surface area (Å²) in [4.78, 5) is 11.6. The Bertz CT molecular complexity index is 874. The van der Waals surface area contributed by atoms with Gasteiger partial charge in [-0.3, -0.25) is 9.10 Å². The number of nitrogens with one attached hydrogen (secondary N) is 1. The van der Waals surface area contributed by atoms with Gasteiger partial charge in [-0.1, -0.05) is 23.8 Å². The minimum Gasteiger partial charge on any atom is -0.326 e. The molecule has 2 aromatic carbocycles. The highest BCUT2D eigenvalue weighted by molar-refractivity contribution is 7.92. The predicted octanol–water partition coefficient (Wildman–Crippen LogP) is 3.09. The van der Waals surface area contributed by atoms with E-state index in [9.17, 15) is 13.2 Å². The van der Waals surface area contributed by atoms with Crippen LogP contribution in [0.15, 0.2) is 47.4 Å². The van der Waals surface area contributed by atoms with Crippen LogP contribution >= 0.6 is 0 Å². The molecule has 0 fully saturated rings. The minimum absolute atomic E-state index is 0.182.